The second-order valence-corrected chi connectivity index (χ2v) is 10.1. The van der Waals surface area contributed by atoms with E-state index in [2.05, 4.69) is 42.2 Å². The largest absolute Gasteiger partial charge is 0.478 e. The van der Waals surface area contributed by atoms with E-state index in [1.165, 1.54) is 23.4 Å². The van der Waals surface area contributed by atoms with Crippen molar-refractivity contribution < 1.29 is 9.90 Å². The number of halogens is 1. The lowest BCUT2D eigenvalue weighted by atomic mass is 10.0. The molecular weight excluding hydrogens is 404 g/mol. The highest BCUT2D eigenvalue weighted by atomic mass is 35.5. The van der Waals surface area contributed by atoms with Crippen LogP contribution in [0.3, 0.4) is 0 Å². The van der Waals surface area contributed by atoms with E-state index in [0.717, 1.165) is 24.1 Å². The number of aromatic carboxylic acids is 1. The van der Waals surface area contributed by atoms with Crippen LogP contribution in [0.4, 0.5) is 5.69 Å². The van der Waals surface area contributed by atoms with Gasteiger partial charge in [-0.05, 0) is 74.0 Å². The Bertz CT molecular complexity index is 929. The quantitative estimate of drug-likeness (QED) is 0.585. The standard InChI is InChI=1S/C23H27ClN2O2S/c1-14(2)9-18-13-26(17-7-8-17)21-12-20(24)19(11-22(21)29-25(18)3)15-5-4-6-16(10-15)23(27)28/h4-6,10-12,14,17-18H,7-9,13H2,1-3H3,(H,27,28). The smallest absolute Gasteiger partial charge is 0.335 e. The Morgan fingerprint density at radius 1 is 1.28 bits per heavy atom. The number of rotatable bonds is 5. The Labute approximate surface area is 182 Å². The normalized spacial score (nSPS) is 19.9. The van der Waals surface area contributed by atoms with Crippen molar-refractivity contribution in [1.29, 1.82) is 0 Å². The van der Waals surface area contributed by atoms with Gasteiger partial charge in [0.1, 0.15) is 0 Å². The minimum Gasteiger partial charge on any atom is -0.478 e. The molecule has 29 heavy (non-hydrogen) atoms. The summed E-state index contributed by atoms with van der Waals surface area (Å²) in [5.41, 5.74) is 3.20. The molecule has 1 unspecified atom stereocenters. The Kier molecular flexibility index (Phi) is 5.83. The van der Waals surface area contributed by atoms with Crippen LogP contribution in [0.2, 0.25) is 5.02 Å². The van der Waals surface area contributed by atoms with Crippen molar-refractivity contribution in [3.63, 3.8) is 0 Å². The topological polar surface area (TPSA) is 43.8 Å². The van der Waals surface area contributed by atoms with Crippen LogP contribution in [0.25, 0.3) is 11.1 Å². The van der Waals surface area contributed by atoms with Crippen LogP contribution in [-0.4, -0.2) is 41.1 Å². The summed E-state index contributed by atoms with van der Waals surface area (Å²) in [6.45, 7) is 5.58. The van der Waals surface area contributed by atoms with Gasteiger partial charge in [-0.3, -0.25) is 0 Å². The van der Waals surface area contributed by atoms with Gasteiger partial charge in [-0.25, -0.2) is 9.10 Å². The minimum absolute atomic E-state index is 0.273. The maximum absolute atomic E-state index is 11.4. The number of likely N-dealkylation sites (N-methyl/N-ethyl adjacent to an activating group) is 1. The molecule has 0 radical (unpaired) electrons. The number of carbonyl (C=O) groups is 1. The number of carboxylic acid groups (broad SMARTS) is 1. The van der Waals surface area contributed by atoms with Gasteiger partial charge < -0.3 is 10.0 Å². The molecule has 1 aliphatic carbocycles. The monoisotopic (exact) mass is 430 g/mol. The number of fused-ring (bicyclic) bond motifs is 1. The summed E-state index contributed by atoms with van der Waals surface area (Å²) in [6.07, 6.45) is 3.63. The molecule has 154 valence electrons. The van der Waals surface area contributed by atoms with E-state index in [9.17, 15) is 9.90 Å². The predicted molar refractivity (Wildman–Crippen MR) is 121 cm³/mol. The van der Waals surface area contributed by atoms with Gasteiger partial charge in [0.2, 0.25) is 0 Å². The number of hydrogen-bond donors (Lipinski definition) is 1. The number of carboxylic acids is 1. The van der Waals surface area contributed by atoms with Crippen molar-refractivity contribution in [2.45, 2.75) is 50.1 Å². The fourth-order valence-corrected chi connectivity index (χ4v) is 5.37. The molecule has 1 N–H and O–H groups in total. The molecule has 0 amide bonds. The third-order valence-corrected chi connectivity index (χ3v) is 7.10. The zero-order valence-electron chi connectivity index (χ0n) is 17.1. The van der Waals surface area contributed by atoms with Crippen LogP contribution in [0.1, 0.15) is 43.5 Å². The molecule has 1 aliphatic heterocycles. The number of hydrogen-bond acceptors (Lipinski definition) is 4. The molecule has 2 aromatic carbocycles. The van der Waals surface area contributed by atoms with Crippen LogP contribution in [0.5, 0.6) is 0 Å². The second-order valence-electron chi connectivity index (χ2n) is 8.49. The third-order valence-electron chi connectivity index (χ3n) is 5.67. The van der Waals surface area contributed by atoms with E-state index < -0.39 is 5.97 Å². The van der Waals surface area contributed by atoms with E-state index in [4.69, 9.17) is 11.6 Å². The summed E-state index contributed by atoms with van der Waals surface area (Å²) >= 11 is 8.51. The summed E-state index contributed by atoms with van der Waals surface area (Å²) < 4.78 is 2.38. The molecule has 1 atom stereocenters. The maximum atomic E-state index is 11.4. The maximum Gasteiger partial charge on any atom is 0.335 e. The van der Waals surface area contributed by atoms with Gasteiger partial charge in [-0.1, -0.05) is 37.6 Å². The van der Waals surface area contributed by atoms with Gasteiger partial charge >= 0.3 is 5.97 Å². The molecule has 4 nitrogen and oxygen atoms in total. The van der Waals surface area contributed by atoms with Crippen molar-refractivity contribution in [2.24, 2.45) is 5.92 Å². The molecule has 1 fully saturated rings. The lowest BCUT2D eigenvalue weighted by molar-refractivity contribution is 0.0697. The van der Waals surface area contributed by atoms with Crippen LogP contribution in [0, 0.1) is 5.92 Å². The van der Waals surface area contributed by atoms with E-state index in [0.29, 0.717) is 23.0 Å². The van der Waals surface area contributed by atoms with Crippen LogP contribution < -0.4 is 4.90 Å². The first-order valence-corrected chi connectivity index (χ1v) is 11.3. The molecule has 0 bridgehead atoms. The molecule has 6 heteroatoms. The van der Waals surface area contributed by atoms with Gasteiger partial charge in [0, 0.05) is 29.1 Å². The van der Waals surface area contributed by atoms with Crippen molar-refractivity contribution >= 4 is 35.2 Å². The van der Waals surface area contributed by atoms with Gasteiger partial charge in [-0.15, -0.1) is 0 Å². The lowest BCUT2D eigenvalue weighted by Crippen LogP contribution is -2.39. The van der Waals surface area contributed by atoms with Gasteiger partial charge in [0.25, 0.3) is 0 Å². The van der Waals surface area contributed by atoms with Crippen molar-refractivity contribution in [1.82, 2.24) is 4.31 Å². The molecular formula is C23H27ClN2O2S. The Morgan fingerprint density at radius 2 is 2.03 bits per heavy atom. The Morgan fingerprint density at radius 3 is 2.69 bits per heavy atom. The van der Waals surface area contributed by atoms with Crippen LogP contribution >= 0.6 is 23.5 Å². The lowest BCUT2D eigenvalue weighted by Gasteiger charge is -2.31. The molecule has 1 saturated carbocycles. The summed E-state index contributed by atoms with van der Waals surface area (Å²) in [5.74, 6) is -0.286. The predicted octanol–water partition coefficient (Wildman–Crippen LogP) is 6.04. The first-order valence-electron chi connectivity index (χ1n) is 10.2. The first kappa shape index (κ1) is 20.6. The highest BCUT2D eigenvalue weighted by Crippen LogP contribution is 2.46. The van der Waals surface area contributed by atoms with E-state index in [-0.39, 0.29) is 5.56 Å². The average molecular weight is 431 g/mol. The SMILES string of the molecule is CC(C)CC1CN(C2CC2)c2cc(Cl)c(-c3cccc(C(=O)O)c3)cc2SN1C. The van der Waals surface area contributed by atoms with E-state index >= 15 is 0 Å². The highest BCUT2D eigenvalue weighted by Gasteiger charge is 2.36. The number of benzene rings is 2. The van der Waals surface area contributed by atoms with Crippen molar-refractivity contribution in [3.8, 4) is 11.1 Å². The van der Waals surface area contributed by atoms with Gasteiger partial charge in [0.15, 0.2) is 0 Å². The third kappa shape index (κ3) is 4.42. The van der Waals surface area contributed by atoms with Crippen molar-refractivity contribution in [3.05, 3.63) is 47.0 Å². The van der Waals surface area contributed by atoms with Crippen LogP contribution in [0.15, 0.2) is 41.3 Å². The summed E-state index contributed by atoms with van der Waals surface area (Å²) in [4.78, 5) is 15.1. The van der Waals surface area contributed by atoms with Crippen LogP contribution in [-0.2, 0) is 0 Å². The summed E-state index contributed by atoms with van der Waals surface area (Å²) in [5, 5.41) is 10.0. The summed E-state index contributed by atoms with van der Waals surface area (Å²) in [7, 11) is 2.18. The van der Waals surface area contributed by atoms with E-state index in [1.807, 2.05) is 6.07 Å². The minimum atomic E-state index is -0.928. The molecule has 2 aliphatic rings. The number of nitrogens with zero attached hydrogens (tertiary/aromatic N) is 2. The molecule has 0 saturated heterocycles. The zero-order valence-corrected chi connectivity index (χ0v) is 18.6. The summed E-state index contributed by atoms with van der Waals surface area (Å²) in [6, 6.07) is 12.3. The fraction of sp³-hybridized carbons (Fsp3) is 0.435. The Balaban J connectivity index is 1.76. The first-order chi connectivity index (χ1) is 13.8. The second kappa shape index (κ2) is 8.21. The molecule has 2 aromatic rings. The highest BCUT2D eigenvalue weighted by molar-refractivity contribution is 7.97. The van der Waals surface area contributed by atoms with E-state index in [1.54, 1.807) is 30.1 Å². The molecule has 0 spiro atoms. The van der Waals surface area contributed by atoms with Gasteiger partial charge in [-0.2, -0.15) is 0 Å². The van der Waals surface area contributed by atoms with Crippen molar-refractivity contribution in [2.75, 3.05) is 18.5 Å². The fourth-order valence-electron chi connectivity index (χ4n) is 4.05. The zero-order chi connectivity index (χ0) is 20.7. The molecule has 0 aromatic heterocycles. The molecule has 1 heterocycles. The van der Waals surface area contributed by atoms with Gasteiger partial charge in [0.05, 0.1) is 16.3 Å². The Hall–Kier alpha value is -1.69. The number of anilines is 1. The molecule has 4 rings (SSSR count). The average Bonchev–Trinajstić information content (AvgIpc) is 3.51.